The van der Waals surface area contributed by atoms with Gasteiger partial charge in [-0.3, -0.25) is 4.79 Å². The summed E-state index contributed by atoms with van der Waals surface area (Å²) in [4.78, 5) is 13.9. The Morgan fingerprint density at radius 1 is 1.26 bits per heavy atom. The van der Waals surface area contributed by atoms with E-state index in [0.717, 1.165) is 5.56 Å². The van der Waals surface area contributed by atoms with Crippen LogP contribution in [0.3, 0.4) is 0 Å². The monoisotopic (exact) mass is 331 g/mol. The van der Waals surface area contributed by atoms with Crippen molar-refractivity contribution in [2.45, 2.75) is 39.0 Å². The SMILES string of the molecule is Cc1ccc(C(=O)N2CCC(C(O)C(F)(F)F)CC2)c(O)c1C. The molecule has 1 aliphatic heterocycles. The highest BCUT2D eigenvalue weighted by Gasteiger charge is 2.44. The lowest BCUT2D eigenvalue weighted by Gasteiger charge is -2.35. The van der Waals surface area contributed by atoms with Crippen molar-refractivity contribution in [3.8, 4) is 5.75 Å². The highest BCUT2D eigenvalue weighted by atomic mass is 19.4. The largest absolute Gasteiger partial charge is 0.507 e. The maximum atomic E-state index is 12.5. The second-order valence-electron chi connectivity index (χ2n) is 6.02. The Bertz CT molecular complexity index is 593. The van der Waals surface area contributed by atoms with Crippen LogP contribution < -0.4 is 0 Å². The van der Waals surface area contributed by atoms with E-state index >= 15 is 0 Å². The minimum atomic E-state index is -4.64. The lowest BCUT2D eigenvalue weighted by Crippen LogP contribution is -2.45. The highest BCUT2D eigenvalue weighted by Crippen LogP contribution is 2.33. The van der Waals surface area contributed by atoms with Crippen molar-refractivity contribution in [3.05, 3.63) is 28.8 Å². The number of aliphatic hydroxyl groups excluding tert-OH is 1. The second kappa shape index (κ2) is 6.39. The number of amides is 1. The van der Waals surface area contributed by atoms with E-state index in [2.05, 4.69) is 0 Å². The van der Waals surface area contributed by atoms with Crippen molar-refractivity contribution in [1.82, 2.24) is 4.90 Å². The number of hydrogen-bond acceptors (Lipinski definition) is 3. The number of phenolic OH excluding ortho intramolecular Hbond substituents is 1. The van der Waals surface area contributed by atoms with Gasteiger partial charge in [-0.05, 0) is 49.8 Å². The Kier molecular flexibility index (Phi) is 4.89. The molecule has 0 bridgehead atoms. The van der Waals surface area contributed by atoms with Crippen molar-refractivity contribution in [2.24, 2.45) is 5.92 Å². The van der Waals surface area contributed by atoms with E-state index < -0.39 is 24.1 Å². The van der Waals surface area contributed by atoms with Crippen LogP contribution in [-0.4, -0.2) is 46.4 Å². The molecule has 1 aromatic carbocycles. The molecule has 0 aliphatic carbocycles. The van der Waals surface area contributed by atoms with Crippen molar-refractivity contribution < 1.29 is 28.2 Å². The molecule has 0 aromatic heterocycles. The molecular formula is C16H20F3NO3. The van der Waals surface area contributed by atoms with E-state index in [0.29, 0.717) is 5.56 Å². The van der Waals surface area contributed by atoms with Gasteiger partial charge in [-0.1, -0.05) is 6.07 Å². The number of aromatic hydroxyl groups is 1. The molecule has 1 aliphatic rings. The molecule has 1 heterocycles. The summed E-state index contributed by atoms with van der Waals surface area (Å²) in [5.74, 6) is -1.38. The van der Waals surface area contributed by atoms with E-state index in [9.17, 15) is 28.2 Å². The van der Waals surface area contributed by atoms with Crippen LogP contribution in [0.5, 0.6) is 5.75 Å². The molecule has 0 radical (unpaired) electrons. The van der Waals surface area contributed by atoms with Gasteiger partial charge in [0.2, 0.25) is 0 Å². The first kappa shape index (κ1) is 17.6. The summed E-state index contributed by atoms with van der Waals surface area (Å²) < 4.78 is 37.6. The van der Waals surface area contributed by atoms with Crippen LogP contribution in [0.15, 0.2) is 12.1 Å². The molecule has 23 heavy (non-hydrogen) atoms. The van der Waals surface area contributed by atoms with Gasteiger partial charge in [0, 0.05) is 13.1 Å². The maximum Gasteiger partial charge on any atom is 0.414 e. The third kappa shape index (κ3) is 3.60. The fraction of sp³-hybridized carbons (Fsp3) is 0.562. The Labute approximate surface area is 132 Å². The number of phenols is 1. The highest BCUT2D eigenvalue weighted by molar-refractivity contribution is 5.97. The molecule has 1 unspecified atom stereocenters. The Balaban J connectivity index is 2.06. The van der Waals surface area contributed by atoms with Gasteiger partial charge in [-0.15, -0.1) is 0 Å². The van der Waals surface area contributed by atoms with Crippen molar-refractivity contribution in [2.75, 3.05) is 13.1 Å². The zero-order valence-corrected chi connectivity index (χ0v) is 13.0. The molecule has 1 atom stereocenters. The molecule has 1 saturated heterocycles. The van der Waals surface area contributed by atoms with Gasteiger partial charge in [-0.25, -0.2) is 0 Å². The van der Waals surface area contributed by atoms with Crippen LogP contribution in [0.1, 0.15) is 34.3 Å². The number of piperidine rings is 1. The molecule has 2 N–H and O–H groups in total. The normalized spacial score (nSPS) is 18.1. The van der Waals surface area contributed by atoms with Crippen LogP contribution in [0.2, 0.25) is 0 Å². The smallest absolute Gasteiger partial charge is 0.414 e. The Morgan fingerprint density at radius 3 is 2.35 bits per heavy atom. The number of carbonyl (C=O) groups is 1. The van der Waals surface area contributed by atoms with Crippen molar-refractivity contribution >= 4 is 5.91 Å². The third-order valence-corrected chi connectivity index (χ3v) is 4.54. The van der Waals surface area contributed by atoms with Crippen LogP contribution in [0.4, 0.5) is 13.2 Å². The number of likely N-dealkylation sites (tertiary alicyclic amines) is 1. The molecule has 4 nitrogen and oxygen atoms in total. The van der Waals surface area contributed by atoms with Gasteiger partial charge < -0.3 is 15.1 Å². The zero-order valence-electron chi connectivity index (χ0n) is 13.0. The molecule has 1 aromatic rings. The average Bonchev–Trinajstić information content (AvgIpc) is 2.51. The second-order valence-corrected chi connectivity index (χ2v) is 6.02. The number of rotatable bonds is 2. The topological polar surface area (TPSA) is 60.8 Å². The number of benzene rings is 1. The summed E-state index contributed by atoms with van der Waals surface area (Å²) in [5.41, 5.74) is 1.62. The van der Waals surface area contributed by atoms with Gasteiger partial charge in [-0.2, -0.15) is 13.2 Å². The Hall–Kier alpha value is -1.76. The number of aliphatic hydroxyl groups is 1. The predicted octanol–water partition coefficient (Wildman–Crippen LogP) is 2.78. The van der Waals surface area contributed by atoms with Gasteiger partial charge >= 0.3 is 6.18 Å². The Morgan fingerprint density at radius 2 is 1.83 bits per heavy atom. The average molecular weight is 331 g/mol. The fourth-order valence-electron chi connectivity index (χ4n) is 2.83. The summed E-state index contributed by atoms with van der Waals surface area (Å²) in [7, 11) is 0. The van der Waals surface area contributed by atoms with Gasteiger partial charge in [0.1, 0.15) is 5.75 Å². The summed E-state index contributed by atoms with van der Waals surface area (Å²) in [6.45, 7) is 3.77. The summed E-state index contributed by atoms with van der Waals surface area (Å²) in [5, 5.41) is 19.4. The molecule has 7 heteroatoms. The zero-order chi connectivity index (χ0) is 17.4. The molecule has 0 spiro atoms. The van der Waals surface area contributed by atoms with Crippen LogP contribution in [-0.2, 0) is 0 Å². The first-order chi connectivity index (χ1) is 10.6. The summed E-state index contributed by atoms with van der Waals surface area (Å²) in [6, 6.07) is 3.25. The lowest BCUT2D eigenvalue weighted by atomic mass is 9.90. The first-order valence-electron chi connectivity index (χ1n) is 7.46. The maximum absolute atomic E-state index is 12.5. The predicted molar refractivity (Wildman–Crippen MR) is 78.3 cm³/mol. The number of aryl methyl sites for hydroxylation is 1. The number of halogens is 3. The molecular weight excluding hydrogens is 311 g/mol. The van der Waals surface area contributed by atoms with Gasteiger partial charge in [0.25, 0.3) is 5.91 Å². The minimum Gasteiger partial charge on any atom is -0.507 e. The number of nitrogens with zero attached hydrogens (tertiary/aromatic N) is 1. The van der Waals surface area contributed by atoms with E-state index in [1.807, 2.05) is 6.92 Å². The number of carbonyl (C=O) groups excluding carboxylic acids is 1. The lowest BCUT2D eigenvalue weighted by molar-refractivity contribution is -0.222. The minimum absolute atomic E-state index is 0.0814. The van der Waals surface area contributed by atoms with E-state index in [1.54, 1.807) is 13.0 Å². The summed E-state index contributed by atoms with van der Waals surface area (Å²) in [6.07, 6.45) is -6.83. The van der Waals surface area contributed by atoms with Crippen molar-refractivity contribution in [1.29, 1.82) is 0 Å². The standard InChI is InChI=1S/C16H20F3NO3/c1-9-3-4-12(13(21)10(9)2)15(23)20-7-5-11(6-8-20)14(22)16(17,18)19/h3-4,11,14,21-22H,5-8H2,1-2H3. The fourth-order valence-corrected chi connectivity index (χ4v) is 2.83. The molecule has 2 rings (SSSR count). The molecule has 0 saturated carbocycles. The third-order valence-electron chi connectivity index (χ3n) is 4.54. The van der Waals surface area contributed by atoms with E-state index in [1.165, 1.54) is 11.0 Å². The van der Waals surface area contributed by atoms with Gasteiger partial charge in [0.05, 0.1) is 5.56 Å². The van der Waals surface area contributed by atoms with Crippen LogP contribution in [0.25, 0.3) is 0 Å². The quantitative estimate of drug-likeness (QED) is 0.876. The first-order valence-corrected chi connectivity index (χ1v) is 7.46. The number of hydrogen-bond donors (Lipinski definition) is 2. The molecule has 1 fully saturated rings. The summed E-state index contributed by atoms with van der Waals surface area (Å²) >= 11 is 0. The van der Waals surface area contributed by atoms with Crippen LogP contribution in [0, 0.1) is 19.8 Å². The van der Waals surface area contributed by atoms with Gasteiger partial charge in [0.15, 0.2) is 6.10 Å². The van der Waals surface area contributed by atoms with Crippen molar-refractivity contribution in [3.63, 3.8) is 0 Å². The van der Waals surface area contributed by atoms with Crippen LogP contribution >= 0.6 is 0 Å². The molecule has 128 valence electrons. The number of alkyl halides is 3. The van der Waals surface area contributed by atoms with E-state index in [-0.39, 0.29) is 37.2 Å². The molecule has 1 amide bonds. The van der Waals surface area contributed by atoms with E-state index in [4.69, 9.17) is 0 Å².